The second-order valence-corrected chi connectivity index (χ2v) is 5.26. The summed E-state index contributed by atoms with van der Waals surface area (Å²) in [6, 6.07) is 0. The smallest absolute Gasteiger partial charge is 0.324 e. The minimum Gasteiger partial charge on any atom is -0.324 e. The van der Waals surface area contributed by atoms with Gasteiger partial charge < -0.3 is 9.42 Å². The van der Waals surface area contributed by atoms with Gasteiger partial charge in [-0.25, -0.2) is 0 Å². The summed E-state index contributed by atoms with van der Waals surface area (Å²) in [6.45, 7) is 7.52. The van der Waals surface area contributed by atoms with Crippen LogP contribution in [-0.2, 0) is 9.09 Å². The Hall–Kier alpha value is -0.110. The maximum atomic E-state index is 11.4. The zero-order valence-electron chi connectivity index (χ0n) is 9.11. The van der Waals surface area contributed by atoms with E-state index in [-0.39, 0.29) is 12.3 Å². The van der Waals surface area contributed by atoms with Gasteiger partial charge in [0.1, 0.15) is 0 Å². The predicted octanol–water partition coefficient (Wildman–Crippen LogP) is 3.34. The standard InChI is InChI=1S/C10H21O3P/c1-4-7-10(8-5-2)13-14(11,12)9-6-3/h6,10H,3-5,7-9H2,1-2H3,(H,11,12). The fourth-order valence-electron chi connectivity index (χ4n) is 1.33. The first-order valence-electron chi connectivity index (χ1n) is 5.16. The van der Waals surface area contributed by atoms with Crippen LogP contribution in [0.5, 0.6) is 0 Å². The average molecular weight is 220 g/mol. The van der Waals surface area contributed by atoms with Crippen molar-refractivity contribution in [3.05, 3.63) is 12.7 Å². The van der Waals surface area contributed by atoms with Gasteiger partial charge in [-0.05, 0) is 12.8 Å². The zero-order chi connectivity index (χ0) is 11.0. The lowest BCUT2D eigenvalue weighted by Crippen LogP contribution is -2.11. The van der Waals surface area contributed by atoms with E-state index in [0.717, 1.165) is 25.7 Å². The van der Waals surface area contributed by atoms with Gasteiger partial charge in [0.25, 0.3) is 0 Å². The van der Waals surface area contributed by atoms with Crippen molar-refractivity contribution in [2.75, 3.05) is 6.16 Å². The maximum Gasteiger partial charge on any atom is 0.332 e. The molecule has 0 heterocycles. The molecular weight excluding hydrogens is 199 g/mol. The Morgan fingerprint density at radius 3 is 2.29 bits per heavy atom. The molecule has 84 valence electrons. The van der Waals surface area contributed by atoms with Crippen molar-refractivity contribution in [2.24, 2.45) is 0 Å². The van der Waals surface area contributed by atoms with Crippen molar-refractivity contribution in [1.82, 2.24) is 0 Å². The summed E-state index contributed by atoms with van der Waals surface area (Å²) in [5.41, 5.74) is 0. The van der Waals surface area contributed by atoms with Gasteiger partial charge in [0.05, 0.1) is 12.3 Å². The molecule has 0 rings (SSSR count). The SMILES string of the molecule is C=CCP(=O)(O)OC(CCC)CCC. The molecule has 14 heavy (non-hydrogen) atoms. The van der Waals surface area contributed by atoms with Crippen molar-refractivity contribution < 1.29 is 14.0 Å². The van der Waals surface area contributed by atoms with Gasteiger partial charge in [-0.2, -0.15) is 0 Å². The molecule has 0 spiro atoms. The van der Waals surface area contributed by atoms with Crippen LogP contribution in [0.15, 0.2) is 12.7 Å². The highest BCUT2D eigenvalue weighted by Gasteiger charge is 2.22. The van der Waals surface area contributed by atoms with Gasteiger partial charge in [-0.15, -0.1) is 6.58 Å². The second kappa shape index (κ2) is 7.22. The third kappa shape index (κ3) is 6.36. The van der Waals surface area contributed by atoms with Crippen LogP contribution in [0.25, 0.3) is 0 Å². The van der Waals surface area contributed by atoms with Gasteiger partial charge in [-0.3, -0.25) is 4.57 Å². The van der Waals surface area contributed by atoms with E-state index in [0.29, 0.717) is 0 Å². The Morgan fingerprint density at radius 1 is 1.43 bits per heavy atom. The highest BCUT2D eigenvalue weighted by atomic mass is 31.2. The predicted molar refractivity (Wildman–Crippen MR) is 59.6 cm³/mol. The Bertz CT molecular complexity index is 198. The number of hydrogen-bond donors (Lipinski definition) is 1. The highest BCUT2D eigenvalue weighted by Crippen LogP contribution is 2.44. The molecule has 0 fully saturated rings. The summed E-state index contributed by atoms with van der Waals surface area (Å²) in [5.74, 6) is 0. The van der Waals surface area contributed by atoms with Crippen LogP contribution in [0.1, 0.15) is 39.5 Å². The summed E-state index contributed by atoms with van der Waals surface area (Å²) in [4.78, 5) is 9.40. The molecule has 1 N–H and O–H groups in total. The normalized spacial score (nSPS) is 15.4. The molecule has 0 saturated heterocycles. The number of hydrogen-bond acceptors (Lipinski definition) is 2. The average Bonchev–Trinajstić information content (AvgIpc) is 2.03. The van der Waals surface area contributed by atoms with Gasteiger partial charge in [0, 0.05) is 0 Å². The highest BCUT2D eigenvalue weighted by molar-refractivity contribution is 7.53. The fourth-order valence-corrected chi connectivity index (χ4v) is 2.42. The van der Waals surface area contributed by atoms with E-state index < -0.39 is 7.60 Å². The minimum atomic E-state index is -3.43. The Labute approximate surface area is 86.7 Å². The van der Waals surface area contributed by atoms with Gasteiger partial charge in [0.2, 0.25) is 0 Å². The molecule has 0 amide bonds. The minimum absolute atomic E-state index is 0.0386. The van der Waals surface area contributed by atoms with Gasteiger partial charge >= 0.3 is 7.60 Å². The molecule has 0 bridgehead atoms. The Balaban J connectivity index is 4.12. The van der Waals surface area contributed by atoms with Crippen molar-refractivity contribution in [1.29, 1.82) is 0 Å². The second-order valence-electron chi connectivity index (χ2n) is 3.41. The monoisotopic (exact) mass is 220 g/mol. The van der Waals surface area contributed by atoms with Crippen molar-refractivity contribution in [3.63, 3.8) is 0 Å². The molecule has 0 aliphatic rings. The first-order valence-corrected chi connectivity index (χ1v) is 6.93. The molecule has 1 unspecified atom stereocenters. The molecular formula is C10H21O3P. The molecule has 0 aliphatic heterocycles. The van der Waals surface area contributed by atoms with E-state index in [9.17, 15) is 9.46 Å². The van der Waals surface area contributed by atoms with Crippen LogP contribution in [-0.4, -0.2) is 17.2 Å². The van der Waals surface area contributed by atoms with E-state index in [2.05, 4.69) is 6.58 Å². The van der Waals surface area contributed by atoms with Crippen molar-refractivity contribution in [2.45, 2.75) is 45.6 Å². The van der Waals surface area contributed by atoms with E-state index >= 15 is 0 Å². The van der Waals surface area contributed by atoms with Gasteiger partial charge in [0.15, 0.2) is 0 Å². The first kappa shape index (κ1) is 13.9. The Kier molecular flexibility index (Phi) is 7.16. The lowest BCUT2D eigenvalue weighted by Gasteiger charge is -2.19. The van der Waals surface area contributed by atoms with E-state index in [4.69, 9.17) is 4.52 Å². The lowest BCUT2D eigenvalue weighted by atomic mass is 10.1. The van der Waals surface area contributed by atoms with Crippen LogP contribution in [0.3, 0.4) is 0 Å². The van der Waals surface area contributed by atoms with Crippen LogP contribution in [0.4, 0.5) is 0 Å². The van der Waals surface area contributed by atoms with Crippen molar-refractivity contribution >= 4 is 7.60 Å². The molecule has 0 aromatic heterocycles. The largest absolute Gasteiger partial charge is 0.332 e. The van der Waals surface area contributed by atoms with E-state index in [1.165, 1.54) is 6.08 Å². The van der Waals surface area contributed by atoms with Gasteiger partial charge in [-0.1, -0.05) is 32.8 Å². The number of rotatable bonds is 8. The molecule has 3 nitrogen and oxygen atoms in total. The maximum absolute atomic E-state index is 11.4. The quantitative estimate of drug-likeness (QED) is 0.504. The van der Waals surface area contributed by atoms with Crippen LogP contribution in [0.2, 0.25) is 0 Å². The van der Waals surface area contributed by atoms with Crippen LogP contribution >= 0.6 is 7.60 Å². The first-order chi connectivity index (χ1) is 6.55. The topological polar surface area (TPSA) is 46.5 Å². The summed E-state index contributed by atoms with van der Waals surface area (Å²) in [5, 5.41) is 0. The lowest BCUT2D eigenvalue weighted by molar-refractivity contribution is 0.156. The van der Waals surface area contributed by atoms with Crippen LogP contribution < -0.4 is 0 Å². The van der Waals surface area contributed by atoms with E-state index in [1.807, 2.05) is 13.8 Å². The molecule has 0 aromatic rings. The molecule has 0 saturated carbocycles. The Morgan fingerprint density at radius 2 is 1.93 bits per heavy atom. The third-order valence-corrected chi connectivity index (χ3v) is 3.24. The summed E-state index contributed by atoms with van der Waals surface area (Å²) in [6.07, 6.45) is 5.01. The summed E-state index contributed by atoms with van der Waals surface area (Å²) < 4.78 is 16.6. The zero-order valence-corrected chi connectivity index (χ0v) is 10.0. The van der Waals surface area contributed by atoms with Crippen molar-refractivity contribution in [3.8, 4) is 0 Å². The summed E-state index contributed by atoms with van der Waals surface area (Å²) >= 11 is 0. The van der Waals surface area contributed by atoms with E-state index in [1.54, 1.807) is 0 Å². The fraction of sp³-hybridized carbons (Fsp3) is 0.800. The molecule has 0 aromatic carbocycles. The number of allylic oxidation sites excluding steroid dienone is 1. The molecule has 4 heteroatoms. The molecule has 0 aliphatic carbocycles. The third-order valence-electron chi connectivity index (χ3n) is 1.89. The molecule has 1 atom stereocenters. The van der Waals surface area contributed by atoms with Crippen LogP contribution in [0, 0.1) is 0 Å². The summed E-state index contributed by atoms with van der Waals surface area (Å²) in [7, 11) is -3.43. The molecule has 0 radical (unpaired) electrons.